The zero-order chi connectivity index (χ0) is 17.3. The van der Waals surface area contributed by atoms with Crippen LogP contribution in [-0.2, 0) is 20.5 Å². The second-order valence-corrected chi connectivity index (χ2v) is 6.54. The Morgan fingerprint density at radius 3 is 2.75 bits per heavy atom. The first-order valence-electron chi connectivity index (χ1n) is 8.29. The van der Waals surface area contributed by atoms with Crippen molar-refractivity contribution >= 4 is 5.91 Å². The van der Waals surface area contributed by atoms with Gasteiger partial charge in [0.2, 0.25) is 5.76 Å². The third-order valence-electron chi connectivity index (χ3n) is 4.74. The van der Waals surface area contributed by atoms with E-state index in [-0.39, 0.29) is 29.3 Å². The number of hydrogen-bond acceptors (Lipinski definition) is 5. The lowest BCUT2D eigenvalue weighted by Crippen LogP contribution is -2.43. The summed E-state index contributed by atoms with van der Waals surface area (Å²) in [6, 6.07) is 1.68. The fourth-order valence-electron chi connectivity index (χ4n) is 3.37. The number of carbonyl (C=O) groups is 1. The van der Waals surface area contributed by atoms with E-state index in [1.165, 1.54) is 4.68 Å². The lowest BCUT2D eigenvalue weighted by atomic mass is 9.82. The molecule has 3 rings (SSSR count). The van der Waals surface area contributed by atoms with Crippen LogP contribution in [0, 0.1) is 12.8 Å². The second-order valence-electron chi connectivity index (χ2n) is 6.54. The molecule has 2 atom stereocenters. The standard InChI is InChI=1S/C16H23N5O3/c1-10-8-13(24-19-10)15(22)17-12-7-5-4-6-11(12)9-14-18-21(3)16(23)20(14)2/h8,11-12H,4-7,9H2,1-3H3,(H,17,22)/t11-,12-/m1/s1. The zero-order valence-electron chi connectivity index (χ0n) is 14.3. The van der Waals surface area contributed by atoms with E-state index >= 15 is 0 Å². The Bertz CT molecular complexity index is 788. The lowest BCUT2D eigenvalue weighted by Gasteiger charge is -2.31. The van der Waals surface area contributed by atoms with E-state index in [4.69, 9.17) is 4.52 Å². The van der Waals surface area contributed by atoms with Gasteiger partial charge >= 0.3 is 5.69 Å². The minimum Gasteiger partial charge on any atom is -0.351 e. The summed E-state index contributed by atoms with van der Waals surface area (Å²) >= 11 is 0. The van der Waals surface area contributed by atoms with Gasteiger partial charge in [-0.15, -0.1) is 0 Å². The monoisotopic (exact) mass is 333 g/mol. The van der Waals surface area contributed by atoms with Gasteiger partial charge in [-0.1, -0.05) is 18.0 Å². The van der Waals surface area contributed by atoms with Crippen molar-refractivity contribution in [2.24, 2.45) is 20.0 Å². The SMILES string of the molecule is Cc1cc(C(=O)N[C@@H]2CCCC[C@@H]2Cc2nn(C)c(=O)n2C)on1. The molecule has 2 heterocycles. The molecular weight excluding hydrogens is 310 g/mol. The molecule has 0 saturated heterocycles. The molecule has 0 unspecified atom stereocenters. The third-order valence-corrected chi connectivity index (χ3v) is 4.74. The Morgan fingerprint density at radius 1 is 1.38 bits per heavy atom. The van der Waals surface area contributed by atoms with Crippen molar-refractivity contribution in [3.8, 4) is 0 Å². The quantitative estimate of drug-likeness (QED) is 0.899. The first-order valence-corrected chi connectivity index (χ1v) is 8.29. The van der Waals surface area contributed by atoms with Crippen LogP contribution in [0.2, 0.25) is 0 Å². The van der Waals surface area contributed by atoms with Gasteiger partial charge in [0.15, 0.2) is 0 Å². The molecule has 1 aliphatic carbocycles. The van der Waals surface area contributed by atoms with Gasteiger partial charge in [0.25, 0.3) is 5.91 Å². The second kappa shape index (κ2) is 6.62. The lowest BCUT2D eigenvalue weighted by molar-refractivity contribution is 0.0867. The smallest absolute Gasteiger partial charge is 0.345 e. The van der Waals surface area contributed by atoms with Gasteiger partial charge in [0, 0.05) is 32.6 Å². The van der Waals surface area contributed by atoms with E-state index in [1.807, 2.05) is 0 Å². The topological polar surface area (TPSA) is 95.0 Å². The van der Waals surface area contributed by atoms with Gasteiger partial charge in [-0.3, -0.25) is 9.36 Å². The van der Waals surface area contributed by atoms with Gasteiger partial charge in [0.05, 0.1) is 5.69 Å². The summed E-state index contributed by atoms with van der Waals surface area (Å²) < 4.78 is 7.96. The first-order chi connectivity index (χ1) is 11.5. The molecule has 130 valence electrons. The van der Waals surface area contributed by atoms with Crippen LogP contribution < -0.4 is 11.0 Å². The van der Waals surface area contributed by atoms with Crippen LogP contribution >= 0.6 is 0 Å². The third kappa shape index (κ3) is 3.27. The Labute approximate surface area is 139 Å². The van der Waals surface area contributed by atoms with Crippen LogP contribution in [-0.4, -0.2) is 31.5 Å². The van der Waals surface area contributed by atoms with Crippen molar-refractivity contribution in [2.75, 3.05) is 0 Å². The molecule has 1 saturated carbocycles. The Balaban J connectivity index is 1.72. The Hall–Kier alpha value is -2.38. The van der Waals surface area contributed by atoms with Crippen LogP contribution in [0.1, 0.15) is 47.8 Å². The average Bonchev–Trinajstić information content (AvgIpc) is 3.09. The van der Waals surface area contributed by atoms with Crippen molar-refractivity contribution in [3.63, 3.8) is 0 Å². The fraction of sp³-hybridized carbons (Fsp3) is 0.625. The molecular formula is C16H23N5O3. The molecule has 0 spiro atoms. The molecule has 1 aliphatic rings. The Kier molecular flexibility index (Phi) is 4.55. The summed E-state index contributed by atoms with van der Waals surface area (Å²) in [6.07, 6.45) is 4.81. The van der Waals surface area contributed by atoms with Gasteiger partial charge in [0.1, 0.15) is 5.82 Å². The maximum absolute atomic E-state index is 12.3. The molecule has 8 heteroatoms. The molecule has 0 aromatic carbocycles. The van der Waals surface area contributed by atoms with E-state index in [0.29, 0.717) is 12.1 Å². The van der Waals surface area contributed by atoms with Gasteiger partial charge < -0.3 is 9.84 Å². The largest absolute Gasteiger partial charge is 0.351 e. The van der Waals surface area contributed by atoms with Crippen LogP contribution in [0.25, 0.3) is 0 Å². The van der Waals surface area contributed by atoms with Crippen molar-refractivity contribution in [1.82, 2.24) is 24.8 Å². The number of amides is 1. The van der Waals surface area contributed by atoms with Gasteiger partial charge in [-0.25, -0.2) is 9.48 Å². The highest BCUT2D eigenvalue weighted by atomic mass is 16.5. The molecule has 0 bridgehead atoms. The van der Waals surface area contributed by atoms with Gasteiger partial charge in [-0.2, -0.15) is 5.10 Å². The van der Waals surface area contributed by atoms with E-state index in [9.17, 15) is 9.59 Å². The van der Waals surface area contributed by atoms with Crippen LogP contribution in [0.4, 0.5) is 0 Å². The molecule has 2 aromatic rings. The van der Waals surface area contributed by atoms with Crippen LogP contribution in [0.5, 0.6) is 0 Å². The molecule has 8 nitrogen and oxygen atoms in total. The van der Waals surface area contributed by atoms with E-state index in [2.05, 4.69) is 15.6 Å². The Morgan fingerprint density at radius 2 is 2.12 bits per heavy atom. The molecule has 24 heavy (non-hydrogen) atoms. The summed E-state index contributed by atoms with van der Waals surface area (Å²) in [6.45, 7) is 1.78. The van der Waals surface area contributed by atoms with E-state index in [1.54, 1.807) is 31.7 Å². The summed E-state index contributed by atoms with van der Waals surface area (Å²) in [7, 11) is 3.39. The zero-order valence-corrected chi connectivity index (χ0v) is 14.3. The van der Waals surface area contributed by atoms with Crippen molar-refractivity contribution in [1.29, 1.82) is 0 Å². The normalized spacial score (nSPS) is 21.0. The predicted octanol–water partition coefficient (Wildman–Crippen LogP) is 0.947. The molecule has 0 aliphatic heterocycles. The van der Waals surface area contributed by atoms with Crippen molar-refractivity contribution in [2.45, 2.75) is 45.1 Å². The number of nitrogens with zero attached hydrogens (tertiary/aromatic N) is 4. The molecule has 2 aromatic heterocycles. The molecule has 1 N–H and O–H groups in total. The number of aryl methyl sites for hydroxylation is 2. The highest BCUT2D eigenvalue weighted by Gasteiger charge is 2.29. The van der Waals surface area contributed by atoms with Crippen LogP contribution in [0.3, 0.4) is 0 Å². The van der Waals surface area contributed by atoms with E-state index < -0.39 is 0 Å². The summed E-state index contributed by atoms with van der Waals surface area (Å²) in [5.74, 6) is 1.01. The number of rotatable bonds is 4. The summed E-state index contributed by atoms with van der Waals surface area (Å²) in [5, 5.41) is 11.1. The number of carbonyl (C=O) groups excluding carboxylic acids is 1. The molecule has 1 amide bonds. The molecule has 0 radical (unpaired) electrons. The maximum atomic E-state index is 12.3. The highest BCUT2D eigenvalue weighted by molar-refractivity contribution is 5.91. The number of nitrogens with one attached hydrogen (secondary N) is 1. The maximum Gasteiger partial charge on any atom is 0.345 e. The average molecular weight is 333 g/mol. The minimum absolute atomic E-state index is 0.0498. The van der Waals surface area contributed by atoms with Crippen molar-refractivity contribution in [3.05, 3.63) is 33.8 Å². The number of aromatic nitrogens is 4. The van der Waals surface area contributed by atoms with Crippen LogP contribution in [0.15, 0.2) is 15.4 Å². The predicted molar refractivity (Wildman–Crippen MR) is 86.6 cm³/mol. The fourth-order valence-corrected chi connectivity index (χ4v) is 3.37. The number of hydrogen-bond donors (Lipinski definition) is 1. The van der Waals surface area contributed by atoms with E-state index in [0.717, 1.165) is 31.5 Å². The minimum atomic E-state index is -0.234. The van der Waals surface area contributed by atoms with Gasteiger partial charge in [-0.05, 0) is 25.7 Å². The summed E-state index contributed by atoms with van der Waals surface area (Å²) in [5.41, 5.74) is 0.558. The van der Waals surface area contributed by atoms with Crippen molar-refractivity contribution < 1.29 is 9.32 Å². The molecule has 1 fully saturated rings. The first kappa shape index (κ1) is 16.5. The summed E-state index contributed by atoms with van der Waals surface area (Å²) in [4.78, 5) is 24.2. The highest BCUT2D eigenvalue weighted by Crippen LogP contribution is 2.27.